The highest BCUT2D eigenvalue weighted by atomic mass is 32.1. The summed E-state index contributed by atoms with van der Waals surface area (Å²) in [6.45, 7) is 13.1. The Balaban J connectivity index is 1.73. The van der Waals surface area contributed by atoms with E-state index in [-0.39, 0.29) is 22.1 Å². The number of phenolic OH excluding ortho intramolecular Hbond substituents is 1. The predicted octanol–water partition coefficient (Wildman–Crippen LogP) is 5.47. The Bertz CT molecular complexity index is 1140. The van der Waals surface area contributed by atoms with Gasteiger partial charge in [-0.25, -0.2) is 4.98 Å². The van der Waals surface area contributed by atoms with Crippen LogP contribution in [0.15, 0.2) is 18.2 Å². The zero-order valence-corrected chi connectivity index (χ0v) is 20.8. The molecule has 1 aromatic heterocycles. The zero-order valence-electron chi connectivity index (χ0n) is 20.0. The van der Waals surface area contributed by atoms with Gasteiger partial charge in [-0.3, -0.25) is 9.59 Å². The van der Waals surface area contributed by atoms with E-state index in [0.717, 1.165) is 28.6 Å². The van der Waals surface area contributed by atoms with Crippen molar-refractivity contribution in [1.82, 2.24) is 10.3 Å². The van der Waals surface area contributed by atoms with E-state index in [4.69, 9.17) is 5.11 Å². The first kappa shape index (κ1) is 23.7. The number of carbonyl (C=O) groups excluding carboxylic acids is 1. The van der Waals surface area contributed by atoms with Crippen LogP contribution in [0.1, 0.15) is 73.8 Å². The van der Waals surface area contributed by atoms with Crippen molar-refractivity contribution < 1.29 is 19.8 Å². The molecule has 2 saturated carbocycles. The van der Waals surface area contributed by atoms with Gasteiger partial charge in [0.2, 0.25) is 0 Å². The number of benzene rings is 1. The van der Waals surface area contributed by atoms with Crippen molar-refractivity contribution >= 4 is 33.4 Å². The van der Waals surface area contributed by atoms with Gasteiger partial charge >= 0.3 is 5.97 Å². The quantitative estimate of drug-likeness (QED) is 0.504. The number of fused-ring (bicyclic) bond motifs is 2. The van der Waals surface area contributed by atoms with Gasteiger partial charge in [-0.1, -0.05) is 39.3 Å². The summed E-state index contributed by atoms with van der Waals surface area (Å²) in [7, 11) is 0. The first-order valence-corrected chi connectivity index (χ1v) is 12.6. The minimum atomic E-state index is -1.10. The molecule has 7 heteroatoms. The van der Waals surface area contributed by atoms with Crippen LogP contribution in [0.3, 0.4) is 0 Å². The van der Waals surface area contributed by atoms with Crippen molar-refractivity contribution in [1.29, 1.82) is 0 Å². The van der Waals surface area contributed by atoms with Crippen LogP contribution in [-0.4, -0.2) is 33.6 Å². The summed E-state index contributed by atoms with van der Waals surface area (Å²) >= 11 is 1.20. The van der Waals surface area contributed by atoms with Gasteiger partial charge in [0.1, 0.15) is 12.3 Å². The SMILES string of the molecule is C=C1CCC2C(C)(C)CCC[C@]2(C)[C@H]1Cc1cc(O)c(C)c2sc(C(=O)NCC(=O)O)nc12. The van der Waals surface area contributed by atoms with Crippen LogP contribution >= 0.6 is 11.3 Å². The summed E-state index contributed by atoms with van der Waals surface area (Å²) in [6, 6.07) is 1.80. The largest absolute Gasteiger partial charge is 0.508 e. The summed E-state index contributed by atoms with van der Waals surface area (Å²) in [5.41, 5.74) is 4.06. The van der Waals surface area contributed by atoms with E-state index in [1.807, 2.05) is 6.92 Å². The van der Waals surface area contributed by atoms with E-state index >= 15 is 0 Å². The van der Waals surface area contributed by atoms with Crippen molar-refractivity contribution in [3.8, 4) is 5.75 Å². The average Bonchev–Trinajstić information content (AvgIpc) is 3.18. The number of aliphatic carboxylic acids is 1. The first-order chi connectivity index (χ1) is 15.4. The van der Waals surface area contributed by atoms with E-state index in [1.165, 1.54) is 42.6 Å². The number of hydrogen-bond donors (Lipinski definition) is 3. The molecule has 2 aliphatic carbocycles. The lowest BCUT2D eigenvalue weighted by atomic mass is 9.47. The average molecular weight is 471 g/mol. The maximum atomic E-state index is 12.5. The van der Waals surface area contributed by atoms with Crippen LogP contribution in [0.5, 0.6) is 5.75 Å². The number of carboxylic acids is 1. The topological polar surface area (TPSA) is 99.5 Å². The molecule has 2 aromatic rings. The fraction of sp³-hybridized carbons (Fsp3) is 0.577. The van der Waals surface area contributed by atoms with Gasteiger partial charge in [0, 0.05) is 5.56 Å². The number of rotatable bonds is 5. The fourth-order valence-electron chi connectivity index (χ4n) is 6.61. The molecule has 33 heavy (non-hydrogen) atoms. The highest BCUT2D eigenvalue weighted by Gasteiger charge is 2.52. The first-order valence-electron chi connectivity index (χ1n) is 11.7. The summed E-state index contributed by atoms with van der Waals surface area (Å²) in [5.74, 6) is -0.506. The van der Waals surface area contributed by atoms with Gasteiger partial charge in [-0.05, 0) is 73.3 Å². The van der Waals surface area contributed by atoms with Gasteiger partial charge in [0.15, 0.2) is 5.01 Å². The van der Waals surface area contributed by atoms with E-state index < -0.39 is 18.4 Å². The zero-order chi connectivity index (χ0) is 24.1. The Hall–Kier alpha value is -2.41. The molecule has 2 aliphatic rings. The number of nitrogens with zero attached hydrogens (tertiary/aromatic N) is 1. The maximum Gasteiger partial charge on any atom is 0.322 e. The van der Waals surface area contributed by atoms with Crippen LogP contribution in [0.25, 0.3) is 10.2 Å². The minimum Gasteiger partial charge on any atom is -0.508 e. The summed E-state index contributed by atoms with van der Waals surface area (Å²) < 4.78 is 0.776. The molecular weight excluding hydrogens is 436 g/mol. The molecule has 4 rings (SSSR count). The minimum absolute atomic E-state index is 0.141. The Morgan fingerprint density at radius 2 is 2.03 bits per heavy atom. The van der Waals surface area contributed by atoms with Gasteiger partial charge in [0.05, 0.1) is 10.2 Å². The smallest absolute Gasteiger partial charge is 0.322 e. The maximum absolute atomic E-state index is 12.5. The third kappa shape index (κ3) is 4.16. The third-order valence-corrected chi connectivity index (χ3v) is 9.48. The number of hydrogen-bond acceptors (Lipinski definition) is 5. The Kier molecular flexibility index (Phi) is 6.06. The number of phenols is 1. The number of allylic oxidation sites excluding steroid dienone is 1. The van der Waals surface area contributed by atoms with Crippen molar-refractivity contribution in [2.75, 3.05) is 6.54 Å². The molecule has 6 nitrogen and oxygen atoms in total. The molecule has 0 saturated heterocycles. The lowest BCUT2D eigenvalue weighted by Crippen LogP contribution is -2.50. The fourth-order valence-corrected chi connectivity index (χ4v) is 7.63. The second kappa shape index (κ2) is 8.42. The number of amides is 1. The molecule has 178 valence electrons. The third-order valence-electron chi connectivity index (χ3n) is 8.30. The van der Waals surface area contributed by atoms with Crippen molar-refractivity contribution in [2.45, 2.75) is 66.2 Å². The molecule has 1 heterocycles. The van der Waals surface area contributed by atoms with E-state index in [0.29, 0.717) is 16.9 Å². The van der Waals surface area contributed by atoms with E-state index in [1.54, 1.807) is 6.07 Å². The van der Waals surface area contributed by atoms with Crippen LogP contribution in [-0.2, 0) is 11.2 Å². The molecule has 0 bridgehead atoms. The van der Waals surface area contributed by atoms with Crippen LogP contribution in [0.4, 0.5) is 0 Å². The molecule has 1 amide bonds. The lowest BCUT2D eigenvalue weighted by molar-refractivity contribution is -0.135. The van der Waals surface area contributed by atoms with Gasteiger partial charge < -0.3 is 15.5 Å². The molecule has 0 radical (unpaired) electrons. The van der Waals surface area contributed by atoms with Crippen molar-refractivity contribution in [2.24, 2.45) is 22.7 Å². The van der Waals surface area contributed by atoms with Crippen molar-refractivity contribution in [3.63, 3.8) is 0 Å². The Labute approximate surface area is 199 Å². The molecule has 0 spiro atoms. The highest BCUT2D eigenvalue weighted by Crippen LogP contribution is 2.61. The molecule has 3 N–H and O–H groups in total. The van der Waals surface area contributed by atoms with E-state index in [2.05, 4.69) is 37.7 Å². The van der Waals surface area contributed by atoms with E-state index in [9.17, 15) is 14.7 Å². The molecule has 0 aliphatic heterocycles. The van der Waals surface area contributed by atoms with Gasteiger partial charge in [-0.15, -0.1) is 11.3 Å². The summed E-state index contributed by atoms with van der Waals surface area (Å²) in [4.78, 5) is 27.9. The number of thiazole rings is 1. The number of aryl methyl sites for hydroxylation is 1. The molecule has 1 aromatic carbocycles. The highest BCUT2D eigenvalue weighted by molar-refractivity contribution is 7.20. The second-order valence-corrected chi connectivity index (χ2v) is 11.8. The number of aromatic hydroxyl groups is 1. The van der Waals surface area contributed by atoms with Gasteiger partial charge in [0.25, 0.3) is 5.91 Å². The van der Waals surface area contributed by atoms with Crippen LogP contribution in [0, 0.1) is 29.6 Å². The Morgan fingerprint density at radius 1 is 1.30 bits per heavy atom. The van der Waals surface area contributed by atoms with Gasteiger partial charge in [-0.2, -0.15) is 0 Å². The number of carboxylic acid groups (broad SMARTS) is 1. The van der Waals surface area contributed by atoms with Crippen molar-refractivity contribution in [3.05, 3.63) is 34.4 Å². The standard InChI is InChI=1S/C26H34N2O4S/c1-14-7-8-19-25(3,4)9-6-10-26(19,5)17(14)11-16-12-18(29)15(2)22-21(16)28-24(33-22)23(32)27-13-20(30)31/h12,17,19,29H,1,6-11,13H2,2-5H3,(H,27,32)(H,30,31)/t17-,19?,26+/m0/s1. The second-order valence-electron chi connectivity index (χ2n) is 10.8. The monoisotopic (exact) mass is 470 g/mol. The molecule has 2 fully saturated rings. The Morgan fingerprint density at radius 3 is 2.73 bits per heavy atom. The summed E-state index contributed by atoms with van der Waals surface area (Å²) in [5, 5.41) is 22.1. The van der Waals surface area contributed by atoms with Crippen LogP contribution in [0.2, 0.25) is 0 Å². The number of carbonyl (C=O) groups is 2. The lowest BCUT2D eigenvalue weighted by Gasteiger charge is -2.58. The van der Waals surface area contributed by atoms with Crippen LogP contribution < -0.4 is 5.32 Å². The summed E-state index contributed by atoms with van der Waals surface area (Å²) in [6.07, 6.45) is 6.57. The normalized spacial score (nSPS) is 26.7. The number of aromatic nitrogens is 1. The molecular formula is C26H34N2O4S. The molecule has 1 unspecified atom stereocenters. The molecule has 3 atom stereocenters. The number of nitrogens with one attached hydrogen (secondary N) is 1. The predicted molar refractivity (Wildman–Crippen MR) is 131 cm³/mol.